The summed E-state index contributed by atoms with van der Waals surface area (Å²) in [5.74, 6) is 0.800. The molecule has 1 aromatic rings. The molecule has 25 heavy (non-hydrogen) atoms. The summed E-state index contributed by atoms with van der Waals surface area (Å²) in [6.45, 7) is 2.99. The molecule has 0 aliphatic heterocycles. The first-order chi connectivity index (χ1) is 11.3. The van der Waals surface area contributed by atoms with Crippen molar-refractivity contribution in [2.45, 2.75) is 45.1 Å². The van der Waals surface area contributed by atoms with Crippen molar-refractivity contribution in [1.29, 1.82) is 0 Å². The van der Waals surface area contributed by atoms with Crippen LogP contribution in [-0.4, -0.2) is 42.6 Å². The van der Waals surface area contributed by atoms with E-state index < -0.39 is 0 Å². The van der Waals surface area contributed by atoms with E-state index in [4.69, 9.17) is 0 Å². The number of aromatic nitrogens is 1. The molecule has 0 aromatic carbocycles. The summed E-state index contributed by atoms with van der Waals surface area (Å²) in [6.07, 6.45) is 11.4. The predicted octanol–water partition coefficient (Wildman–Crippen LogP) is 3.63. The summed E-state index contributed by atoms with van der Waals surface area (Å²) >= 11 is 0. The third-order valence-corrected chi connectivity index (χ3v) is 4.64. The van der Waals surface area contributed by atoms with Gasteiger partial charge in [-0.25, -0.2) is 4.79 Å². The van der Waals surface area contributed by atoms with Crippen LogP contribution in [0, 0.1) is 5.92 Å². The zero-order chi connectivity index (χ0) is 16.3. The summed E-state index contributed by atoms with van der Waals surface area (Å²) in [4.78, 5) is 18.4. The van der Waals surface area contributed by atoms with Gasteiger partial charge in [-0.1, -0.05) is 32.1 Å². The highest BCUT2D eigenvalue weighted by Gasteiger charge is 2.17. The second-order valence-electron chi connectivity index (χ2n) is 6.40. The molecule has 2 rings (SSSR count). The zero-order valence-corrected chi connectivity index (χ0v) is 16.7. The van der Waals surface area contributed by atoms with Crippen molar-refractivity contribution in [1.82, 2.24) is 20.5 Å². The monoisotopic (exact) mass is 390 g/mol. The Morgan fingerprint density at radius 2 is 1.84 bits per heavy atom. The number of hydrogen-bond donors (Lipinski definition) is 2. The van der Waals surface area contributed by atoms with E-state index in [0.717, 1.165) is 37.5 Å². The lowest BCUT2D eigenvalue weighted by Gasteiger charge is -2.27. The predicted molar refractivity (Wildman–Crippen MR) is 108 cm³/mol. The standard InChI is InChI=1S/C18H30N4O.2ClH/c1-19-12-14-22(13-9-16-5-3-2-4-6-16)18(23)21-15-17-7-10-20-11-8-17;;/h7-8,10-11,16,19H,2-6,9,12-15H2,1H3,(H,21,23);2*1H. The van der Waals surface area contributed by atoms with Crippen molar-refractivity contribution in [2.24, 2.45) is 5.92 Å². The molecule has 1 aliphatic rings. The van der Waals surface area contributed by atoms with Crippen LogP contribution in [0.15, 0.2) is 24.5 Å². The first kappa shape index (κ1) is 24.0. The second kappa shape index (κ2) is 14.2. The first-order valence-electron chi connectivity index (χ1n) is 8.86. The molecule has 1 heterocycles. The van der Waals surface area contributed by atoms with Crippen molar-refractivity contribution >= 4 is 30.8 Å². The van der Waals surface area contributed by atoms with Gasteiger partial charge in [0, 0.05) is 38.6 Å². The Balaban J connectivity index is 0.00000288. The van der Waals surface area contributed by atoms with Crippen LogP contribution in [0.2, 0.25) is 0 Å². The number of likely N-dealkylation sites (N-methyl/N-ethyl adjacent to an activating group) is 1. The minimum atomic E-state index is 0. The highest BCUT2D eigenvalue weighted by molar-refractivity contribution is 5.85. The molecule has 144 valence electrons. The molecular formula is C18H32Cl2N4O. The number of nitrogens with zero attached hydrogens (tertiary/aromatic N) is 2. The van der Waals surface area contributed by atoms with Gasteiger partial charge in [0.1, 0.15) is 0 Å². The van der Waals surface area contributed by atoms with Crippen LogP contribution < -0.4 is 10.6 Å². The SMILES string of the molecule is CNCCN(CCC1CCCCC1)C(=O)NCc1ccncc1.Cl.Cl. The van der Waals surface area contributed by atoms with Gasteiger partial charge in [0.25, 0.3) is 0 Å². The Kier molecular flexibility index (Phi) is 13.6. The zero-order valence-electron chi connectivity index (χ0n) is 15.1. The Labute approximate surface area is 164 Å². The van der Waals surface area contributed by atoms with Gasteiger partial charge in [0.05, 0.1) is 0 Å². The molecule has 1 saturated carbocycles. The van der Waals surface area contributed by atoms with Crippen LogP contribution in [-0.2, 0) is 6.54 Å². The number of halogens is 2. The smallest absolute Gasteiger partial charge is 0.317 e. The molecule has 0 atom stereocenters. The summed E-state index contributed by atoms with van der Waals surface area (Å²) < 4.78 is 0. The number of rotatable bonds is 8. The van der Waals surface area contributed by atoms with Crippen LogP contribution in [0.5, 0.6) is 0 Å². The van der Waals surface area contributed by atoms with E-state index in [1.54, 1.807) is 12.4 Å². The highest BCUT2D eigenvalue weighted by atomic mass is 35.5. The average Bonchev–Trinajstić information content (AvgIpc) is 2.61. The van der Waals surface area contributed by atoms with Gasteiger partial charge in [0.15, 0.2) is 0 Å². The molecule has 0 unspecified atom stereocenters. The minimum Gasteiger partial charge on any atom is -0.334 e. The molecule has 0 bridgehead atoms. The Bertz CT molecular complexity index is 456. The van der Waals surface area contributed by atoms with E-state index >= 15 is 0 Å². The molecule has 2 amide bonds. The topological polar surface area (TPSA) is 57.3 Å². The van der Waals surface area contributed by atoms with Crippen molar-refractivity contribution in [2.75, 3.05) is 26.7 Å². The fourth-order valence-electron chi connectivity index (χ4n) is 3.17. The molecule has 0 spiro atoms. The van der Waals surface area contributed by atoms with Gasteiger partial charge < -0.3 is 15.5 Å². The van der Waals surface area contributed by atoms with E-state index in [9.17, 15) is 4.79 Å². The Hall–Kier alpha value is -1.04. The molecular weight excluding hydrogens is 359 g/mol. The Morgan fingerprint density at radius 1 is 1.16 bits per heavy atom. The maximum Gasteiger partial charge on any atom is 0.317 e. The van der Waals surface area contributed by atoms with Crippen LogP contribution in [0.1, 0.15) is 44.1 Å². The fourth-order valence-corrected chi connectivity index (χ4v) is 3.17. The summed E-state index contributed by atoms with van der Waals surface area (Å²) in [7, 11) is 1.92. The van der Waals surface area contributed by atoms with E-state index in [1.165, 1.54) is 32.1 Å². The van der Waals surface area contributed by atoms with Gasteiger partial charge in [-0.3, -0.25) is 4.98 Å². The number of amides is 2. The number of urea groups is 1. The lowest BCUT2D eigenvalue weighted by Crippen LogP contribution is -2.43. The molecule has 0 radical (unpaired) electrons. The maximum atomic E-state index is 12.5. The number of pyridine rings is 1. The molecule has 5 nitrogen and oxygen atoms in total. The number of nitrogens with one attached hydrogen (secondary N) is 2. The largest absolute Gasteiger partial charge is 0.334 e. The Morgan fingerprint density at radius 3 is 2.48 bits per heavy atom. The highest BCUT2D eigenvalue weighted by Crippen LogP contribution is 2.26. The maximum absolute atomic E-state index is 12.5. The molecule has 0 saturated heterocycles. The normalized spacial score (nSPS) is 14.1. The molecule has 1 fully saturated rings. The van der Waals surface area contributed by atoms with Crippen LogP contribution in [0.4, 0.5) is 4.79 Å². The summed E-state index contributed by atoms with van der Waals surface area (Å²) in [5, 5.41) is 6.16. The third-order valence-electron chi connectivity index (χ3n) is 4.64. The lowest BCUT2D eigenvalue weighted by atomic mass is 9.87. The molecule has 1 aliphatic carbocycles. The van der Waals surface area contributed by atoms with Gasteiger partial charge in [-0.05, 0) is 37.1 Å². The lowest BCUT2D eigenvalue weighted by molar-refractivity contribution is 0.190. The minimum absolute atomic E-state index is 0. The van der Waals surface area contributed by atoms with Gasteiger partial charge in [-0.15, -0.1) is 24.8 Å². The van der Waals surface area contributed by atoms with Crippen LogP contribution in [0.25, 0.3) is 0 Å². The van der Waals surface area contributed by atoms with Crippen LogP contribution in [0.3, 0.4) is 0 Å². The van der Waals surface area contributed by atoms with Crippen molar-refractivity contribution in [3.63, 3.8) is 0 Å². The van der Waals surface area contributed by atoms with E-state index in [2.05, 4.69) is 15.6 Å². The van der Waals surface area contributed by atoms with Crippen molar-refractivity contribution in [3.8, 4) is 0 Å². The first-order valence-corrected chi connectivity index (χ1v) is 8.86. The van der Waals surface area contributed by atoms with Gasteiger partial charge in [-0.2, -0.15) is 0 Å². The third kappa shape index (κ3) is 9.28. The van der Waals surface area contributed by atoms with Crippen LogP contribution >= 0.6 is 24.8 Å². The number of hydrogen-bond acceptors (Lipinski definition) is 3. The summed E-state index contributed by atoms with van der Waals surface area (Å²) in [6, 6.07) is 3.90. The molecule has 2 N–H and O–H groups in total. The second-order valence-corrected chi connectivity index (χ2v) is 6.40. The van der Waals surface area contributed by atoms with Gasteiger partial charge in [0.2, 0.25) is 0 Å². The summed E-state index contributed by atoms with van der Waals surface area (Å²) in [5.41, 5.74) is 1.08. The average molecular weight is 391 g/mol. The van der Waals surface area contributed by atoms with Crippen molar-refractivity contribution < 1.29 is 4.79 Å². The van der Waals surface area contributed by atoms with Crippen molar-refractivity contribution in [3.05, 3.63) is 30.1 Å². The number of carbonyl (C=O) groups excluding carboxylic acids is 1. The molecule has 7 heteroatoms. The van der Waals surface area contributed by atoms with E-state index in [-0.39, 0.29) is 30.8 Å². The fraction of sp³-hybridized carbons (Fsp3) is 0.667. The quantitative estimate of drug-likeness (QED) is 0.712. The number of carbonyl (C=O) groups is 1. The van der Waals surface area contributed by atoms with E-state index in [0.29, 0.717) is 6.54 Å². The van der Waals surface area contributed by atoms with E-state index in [1.807, 2.05) is 24.1 Å². The van der Waals surface area contributed by atoms with Gasteiger partial charge >= 0.3 is 6.03 Å². The molecule has 1 aromatic heterocycles.